The molecule has 0 N–H and O–H groups in total. The fraction of sp³-hybridized carbons (Fsp3) is 0.111. The summed E-state index contributed by atoms with van der Waals surface area (Å²) in [7, 11) is 0. The summed E-state index contributed by atoms with van der Waals surface area (Å²) in [6.45, 7) is 0. The standard InChI is InChI=1S/C9H6F3N3/c10-9(11,12)7-2-4-13-8(6-7)15-5-1-3-14-15/h1-6H. The van der Waals surface area contributed by atoms with Gasteiger partial charge in [-0.1, -0.05) is 0 Å². The van der Waals surface area contributed by atoms with Gasteiger partial charge in [-0.15, -0.1) is 0 Å². The number of pyridine rings is 1. The summed E-state index contributed by atoms with van der Waals surface area (Å²) < 4.78 is 38.3. The molecule has 0 unspecified atom stereocenters. The summed E-state index contributed by atoms with van der Waals surface area (Å²) in [6, 6.07) is 3.49. The molecule has 2 heterocycles. The van der Waals surface area contributed by atoms with Gasteiger partial charge in [0, 0.05) is 18.6 Å². The van der Waals surface area contributed by atoms with Crippen molar-refractivity contribution in [1.29, 1.82) is 0 Å². The minimum Gasteiger partial charge on any atom is -0.237 e. The summed E-state index contributed by atoms with van der Waals surface area (Å²) in [6.07, 6.45) is -0.241. The van der Waals surface area contributed by atoms with E-state index in [9.17, 15) is 13.2 Å². The van der Waals surface area contributed by atoms with Crippen LogP contribution >= 0.6 is 0 Å². The molecule has 0 spiro atoms. The van der Waals surface area contributed by atoms with Crippen LogP contribution in [0, 0.1) is 0 Å². The van der Waals surface area contributed by atoms with Gasteiger partial charge in [0.05, 0.1) is 5.56 Å². The maximum absolute atomic E-state index is 12.4. The molecule has 0 atom stereocenters. The molecule has 0 saturated carbocycles. The van der Waals surface area contributed by atoms with Crippen LogP contribution in [0.4, 0.5) is 13.2 Å². The molecular formula is C9H6F3N3. The molecule has 0 saturated heterocycles. The van der Waals surface area contributed by atoms with E-state index in [4.69, 9.17) is 0 Å². The van der Waals surface area contributed by atoms with Crippen molar-refractivity contribution in [3.63, 3.8) is 0 Å². The van der Waals surface area contributed by atoms with Crippen molar-refractivity contribution in [2.24, 2.45) is 0 Å². The number of alkyl halides is 3. The second-order valence-electron chi connectivity index (χ2n) is 2.85. The van der Waals surface area contributed by atoms with E-state index in [1.54, 1.807) is 6.07 Å². The van der Waals surface area contributed by atoms with Crippen LogP contribution in [0.5, 0.6) is 0 Å². The summed E-state index contributed by atoms with van der Waals surface area (Å²) >= 11 is 0. The first-order valence-corrected chi connectivity index (χ1v) is 4.10. The Hall–Kier alpha value is -1.85. The predicted molar refractivity (Wildman–Crippen MR) is 46.4 cm³/mol. The van der Waals surface area contributed by atoms with Gasteiger partial charge >= 0.3 is 6.18 Å². The van der Waals surface area contributed by atoms with Crippen LogP contribution in [0.1, 0.15) is 5.56 Å². The number of hydrogen-bond donors (Lipinski definition) is 0. The molecule has 0 fully saturated rings. The summed E-state index contributed by atoms with van der Waals surface area (Å²) in [5, 5.41) is 3.80. The van der Waals surface area contributed by atoms with E-state index >= 15 is 0 Å². The minimum atomic E-state index is -4.36. The Kier molecular flexibility index (Phi) is 2.18. The van der Waals surface area contributed by atoms with Gasteiger partial charge in [0.15, 0.2) is 5.82 Å². The highest BCUT2D eigenvalue weighted by molar-refractivity contribution is 5.28. The van der Waals surface area contributed by atoms with E-state index in [1.165, 1.54) is 17.1 Å². The van der Waals surface area contributed by atoms with Crippen LogP contribution in [0.2, 0.25) is 0 Å². The van der Waals surface area contributed by atoms with Crippen molar-refractivity contribution in [3.8, 4) is 5.82 Å². The largest absolute Gasteiger partial charge is 0.416 e. The highest BCUT2D eigenvalue weighted by Crippen LogP contribution is 2.29. The molecule has 0 bridgehead atoms. The molecule has 78 valence electrons. The zero-order valence-corrected chi connectivity index (χ0v) is 7.44. The SMILES string of the molecule is FC(F)(F)c1ccnc(-n2cccn2)c1. The Morgan fingerprint density at radius 1 is 1.20 bits per heavy atom. The highest BCUT2D eigenvalue weighted by Gasteiger charge is 2.30. The Bertz CT molecular complexity index is 448. The average molecular weight is 213 g/mol. The van der Waals surface area contributed by atoms with Crippen molar-refractivity contribution in [3.05, 3.63) is 42.4 Å². The Morgan fingerprint density at radius 3 is 2.60 bits per heavy atom. The van der Waals surface area contributed by atoms with Crippen LogP contribution in [-0.4, -0.2) is 14.8 Å². The molecule has 15 heavy (non-hydrogen) atoms. The molecular weight excluding hydrogens is 207 g/mol. The lowest BCUT2D eigenvalue weighted by atomic mass is 10.2. The van der Waals surface area contributed by atoms with Gasteiger partial charge in [-0.25, -0.2) is 9.67 Å². The molecule has 0 aliphatic rings. The summed E-state index contributed by atoms with van der Waals surface area (Å²) in [5.74, 6) is 0.148. The van der Waals surface area contributed by atoms with Gasteiger partial charge in [0.25, 0.3) is 0 Å². The van der Waals surface area contributed by atoms with E-state index in [1.807, 2.05) is 0 Å². The fourth-order valence-electron chi connectivity index (χ4n) is 1.12. The molecule has 0 radical (unpaired) electrons. The molecule has 0 aliphatic heterocycles. The fourth-order valence-corrected chi connectivity index (χ4v) is 1.12. The lowest BCUT2D eigenvalue weighted by Gasteiger charge is -2.07. The number of halogens is 3. The van der Waals surface area contributed by atoms with Gasteiger partial charge < -0.3 is 0 Å². The average Bonchev–Trinajstić information content (AvgIpc) is 2.69. The highest BCUT2D eigenvalue weighted by atomic mass is 19.4. The zero-order valence-electron chi connectivity index (χ0n) is 7.44. The Balaban J connectivity index is 2.44. The first-order chi connectivity index (χ1) is 7.07. The van der Waals surface area contributed by atoms with Crippen molar-refractivity contribution in [2.45, 2.75) is 6.18 Å². The predicted octanol–water partition coefficient (Wildman–Crippen LogP) is 2.29. The van der Waals surface area contributed by atoms with E-state index in [2.05, 4.69) is 10.1 Å². The van der Waals surface area contributed by atoms with Gasteiger partial charge in [-0.05, 0) is 18.2 Å². The first kappa shape index (κ1) is 9.70. The summed E-state index contributed by atoms with van der Waals surface area (Å²) in [5.41, 5.74) is -0.733. The van der Waals surface area contributed by atoms with Crippen LogP contribution in [-0.2, 0) is 6.18 Å². The molecule has 2 aromatic heterocycles. The molecule has 0 aliphatic carbocycles. The maximum Gasteiger partial charge on any atom is 0.416 e. The van der Waals surface area contributed by atoms with E-state index in [0.29, 0.717) is 0 Å². The topological polar surface area (TPSA) is 30.7 Å². The third-order valence-electron chi connectivity index (χ3n) is 1.81. The second kappa shape index (κ2) is 3.38. The van der Waals surface area contributed by atoms with Crippen molar-refractivity contribution >= 4 is 0 Å². The third kappa shape index (κ3) is 1.98. The van der Waals surface area contributed by atoms with Crippen molar-refractivity contribution in [1.82, 2.24) is 14.8 Å². The Labute approximate surface area is 83.2 Å². The smallest absolute Gasteiger partial charge is 0.237 e. The lowest BCUT2D eigenvalue weighted by molar-refractivity contribution is -0.137. The van der Waals surface area contributed by atoms with Gasteiger partial charge in [0.2, 0.25) is 0 Å². The first-order valence-electron chi connectivity index (χ1n) is 4.10. The molecule has 0 aromatic carbocycles. The molecule has 6 heteroatoms. The van der Waals surface area contributed by atoms with Crippen LogP contribution in [0.3, 0.4) is 0 Å². The minimum absolute atomic E-state index is 0.148. The molecule has 0 amide bonds. The quantitative estimate of drug-likeness (QED) is 0.727. The van der Waals surface area contributed by atoms with Crippen molar-refractivity contribution in [2.75, 3.05) is 0 Å². The normalized spacial score (nSPS) is 11.7. The van der Waals surface area contributed by atoms with Crippen LogP contribution in [0.15, 0.2) is 36.8 Å². The van der Waals surface area contributed by atoms with E-state index < -0.39 is 11.7 Å². The van der Waals surface area contributed by atoms with E-state index in [-0.39, 0.29) is 5.82 Å². The second-order valence-corrected chi connectivity index (χ2v) is 2.85. The van der Waals surface area contributed by atoms with E-state index in [0.717, 1.165) is 18.3 Å². The maximum atomic E-state index is 12.4. The van der Waals surface area contributed by atoms with Crippen LogP contribution < -0.4 is 0 Å². The number of rotatable bonds is 1. The summed E-state index contributed by atoms with van der Waals surface area (Å²) in [4.78, 5) is 3.80. The number of nitrogens with zero attached hydrogens (tertiary/aromatic N) is 3. The third-order valence-corrected chi connectivity index (χ3v) is 1.81. The van der Waals surface area contributed by atoms with Crippen LogP contribution in [0.25, 0.3) is 5.82 Å². The number of aromatic nitrogens is 3. The number of hydrogen-bond acceptors (Lipinski definition) is 2. The monoisotopic (exact) mass is 213 g/mol. The molecule has 2 rings (SSSR count). The molecule has 3 nitrogen and oxygen atoms in total. The van der Waals surface area contributed by atoms with Gasteiger partial charge in [0.1, 0.15) is 0 Å². The van der Waals surface area contributed by atoms with Gasteiger partial charge in [-0.2, -0.15) is 18.3 Å². The molecule has 2 aromatic rings. The van der Waals surface area contributed by atoms with Crippen molar-refractivity contribution < 1.29 is 13.2 Å². The lowest BCUT2D eigenvalue weighted by Crippen LogP contribution is -2.07. The zero-order chi connectivity index (χ0) is 10.9. The van der Waals surface area contributed by atoms with Gasteiger partial charge in [-0.3, -0.25) is 0 Å². The Morgan fingerprint density at radius 2 is 2.00 bits per heavy atom.